The lowest BCUT2D eigenvalue weighted by Crippen LogP contribution is -2.54. The van der Waals surface area contributed by atoms with Gasteiger partial charge in [0.25, 0.3) is 5.91 Å². The van der Waals surface area contributed by atoms with Gasteiger partial charge in [0.05, 0.1) is 22.2 Å². The van der Waals surface area contributed by atoms with Crippen LogP contribution in [0.25, 0.3) is 27.3 Å². The van der Waals surface area contributed by atoms with Crippen LogP contribution >= 0.6 is 11.3 Å². The van der Waals surface area contributed by atoms with Crippen molar-refractivity contribution in [2.24, 2.45) is 0 Å². The van der Waals surface area contributed by atoms with Crippen molar-refractivity contribution in [1.82, 2.24) is 24.5 Å². The highest BCUT2D eigenvalue weighted by Gasteiger charge is 2.31. The monoisotopic (exact) mass is 444 g/mol. The standard InChI is InChI=1S/C23H20N6O2S/c1-15-13-27(9-10-28(15)22(30)16-8-11-31-14-16)23-24-18-6-3-2-5-17(18)20-25-26-21(29(20)23)19-7-4-12-32-19/h2-8,11-12,14-15H,9-10,13H2,1H3/t15-/m0/s1. The molecule has 0 N–H and O–H groups in total. The second-order valence-corrected chi connectivity index (χ2v) is 8.84. The first-order chi connectivity index (χ1) is 15.7. The van der Waals surface area contributed by atoms with Gasteiger partial charge >= 0.3 is 0 Å². The maximum absolute atomic E-state index is 12.9. The molecule has 1 fully saturated rings. The summed E-state index contributed by atoms with van der Waals surface area (Å²) >= 11 is 1.63. The number of nitrogens with zero attached hydrogens (tertiary/aromatic N) is 6. The first-order valence-electron chi connectivity index (χ1n) is 10.5. The lowest BCUT2D eigenvalue weighted by Gasteiger charge is -2.40. The third-order valence-electron chi connectivity index (χ3n) is 5.91. The minimum Gasteiger partial charge on any atom is -0.472 e. The van der Waals surface area contributed by atoms with E-state index in [2.05, 4.69) is 26.4 Å². The summed E-state index contributed by atoms with van der Waals surface area (Å²) in [6.07, 6.45) is 3.03. The van der Waals surface area contributed by atoms with E-state index in [9.17, 15) is 4.79 Å². The zero-order chi connectivity index (χ0) is 21.7. The van der Waals surface area contributed by atoms with Crippen molar-refractivity contribution in [2.45, 2.75) is 13.0 Å². The predicted molar refractivity (Wildman–Crippen MR) is 123 cm³/mol. The molecule has 9 heteroatoms. The quantitative estimate of drug-likeness (QED) is 0.419. The van der Waals surface area contributed by atoms with Crippen LogP contribution in [0.5, 0.6) is 0 Å². The number of aromatic nitrogens is 4. The zero-order valence-corrected chi connectivity index (χ0v) is 18.2. The van der Waals surface area contributed by atoms with Gasteiger partial charge in [0, 0.05) is 31.1 Å². The Kier molecular flexibility index (Phi) is 4.43. The van der Waals surface area contributed by atoms with Crippen LogP contribution in [0.15, 0.2) is 64.8 Å². The van der Waals surface area contributed by atoms with Crippen LogP contribution < -0.4 is 4.90 Å². The van der Waals surface area contributed by atoms with Crippen molar-refractivity contribution < 1.29 is 9.21 Å². The molecule has 0 saturated carbocycles. The predicted octanol–water partition coefficient (Wildman–Crippen LogP) is 3.95. The Morgan fingerprint density at radius 2 is 2.03 bits per heavy atom. The average Bonchev–Trinajstić information content (AvgIpc) is 3.59. The summed E-state index contributed by atoms with van der Waals surface area (Å²) in [7, 11) is 0. The highest BCUT2D eigenvalue weighted by molar-refractivity contribution is 7.13. The number of hydrogen-bond donors (Lipinski definition) is 0. The first kappa shape index (κ1) is 19.0. The number of furan rings is 1. The number of benzene rings is 1. The lowest BCUT2D eigenvalue weighted by atomic mass is 10.1. The van der Waals surface area contributed by atoms with Crippen LogP contribution in [-0.4, -0.2) is 56.1 Å². The van der Waals surface area contributed by atoms with Crippen molar-refractivity contribution in [3.05, 3.63) is 65.9 Å². The first-order valence-corrected chi connectivity index (χ1v) is 11.3. The fourth-order valence-corrected chi connectivity index (χ4v) is 5.03. The van der Waals surface area contributed by atoms with E-state index in [4.69, 9.17) is 9.40 Å². The fourth-order valence-electron chi connectivity index (χ4n) is 4.34. The number of amides is 1. The van der Waals surface area contributed by atoms with E-state index >= 15 is 0 Å². The Bertz CT molecular complexity index is 1410. The van der Waals surface area contributed by atoms with Gasteiger partial charge in [0.1, 0.15) is 6.26 Å². The second-order valence-electron chi connectivity index (χ2n) is 7.89. The van der Waals surface area contributed by atoms with Crippen molar-refractivity contribution in [3.8, 4) is 10.7 Å². The Morgan fingerprint density at radius 3 is 2.81 bits per heavy atom. The molecule has 1 aliphatic heterocycles. The van der Waals surface area contributed by atoms with Crippen molar-refractivity contribution in [2.75, 3.05) is 24.5 Å². The zero-order valence-electron chi connectivity index (χ0n) is 17.4. The summed E-state index contributed by atoms with van der Waals surface area (Å²) in [6.45, 7) is 3.98. The molecule has 0 bridgehead atoms. The topological polar surface area (TPSA) is 79.8 Å². The smallest absolute Gasteiger partial charge is 0.257 e. The van der Waals surface area contributed by atoms with E-state index in [-0.39, 0.29) is 11.9 Å². The van der Waals surface area contributed by atoms with Gasteiger partial charge in [-0.3, -0.25) is 4.79 Å². The molecular weight excluding hydrogens is 424 g/mol. The molecule has 0 spiro atoms. The number of carbonyl (C=O) groups is 1. The molecule has 8 nitrogen and oxygen atoms in total. The molecule has 0 unspecified atom stereocenters. The highest BCUT2D eigenvalue weighted by Crippen LogP contribution is 2.31. The van der Waals surface area contributed by atoms with Crippen LogP contribution in [0.3, 0.4) is 0 Å². The Balaban J connectivity index is 1.43. The molecule has 1 amide bonds. The molecule has 0 radical (unpaired) electrons. The maximum Gasteiger partial charge on any atom is 0.257 e. The molecule has 0 aliphatic carbocycles. The summed E-state index contributed by atoms with van der Waals surface area (Å²) in [5.74, 6) is 1.58. The minimum atomic E-state index is -0.00825. The molecule has 6 rings (SSSR count). The van der Waals surface area contributed by atoms with Gasteiger partial charge in [0.2, 0.25) is 5.95 Å². The third-order valence-corrected chi connectivity index (χ3v) is 6.78. The van der Waals surface area contributed by atoms with E-state index in [0.717, 1.165) is 33.2 Å². The van der Waals surface area contributed by atoms with E-state index < -0.39 is 0 Å². The molecule has 32 heavy (non-hydrogen) atoms. The molecule has 160 valence electrons. The van der Waals surface area contributed by atoms with E-state index in [1.165, 1.54) is 12.5 Å². The summed E-state index contributed by atoms with van der Waals surface area (Å²) in [5.41, 5.74) is 2.25. The van der Waals surface area contributed by atoms with Gasteiger partial charge in [0.15, 0.2) is 11.5 Å². The van der Waals surface area contributed by atoms with Gasteiger partial charge in [-0.25, -0.2) is 9.38 Å². The van der Waals surface area contributed by atoms with Gasteiger partial charge in [-0.15, -0.1) is 21.5 Å². The highest BCUT2D eigenvalue weighted by atomic mass is 32.1. The summed E-state index contributed by atoms with van der Waals surface area (Å²) < 4.78 is 7.15. The number of piperazine rings is 1. The maximum atomic E-state index is 12.9. The Hall–Kier alpha value is -3.72. The molecule has 5 aromatic rings. The fraction of sp³-hybridized carbons (Fsp3) is 0.217. The molecule has 4 aromatic heterocycles. The molecule has 1 saturated heterocycles. The molecule has 5 heterocycles. The number of anilines is 1. The Labute approximate surface area is 187 Å². The van der Waals surface area contributed by atoms with Crippen LogP contribution in [0.2, 0.25) is 0 Å². The van der Waals surface area contributed by atoms with Crippen LogP contribution in [0.4, 0.5) is 5.95 Å². The van der Waals surface area contributed by atoms with Gasteiger partial charge in [-0.1, -0.05) is 18.2 Å². The molecular formula is C23H20N6O2S. The number of para-hydroxylation sites is 1. The number of hydrogen-bond acceptors (Lipinski definition) is 7. The normalized spacial score (nSPS) is 16.8. The van der Waals surface area contributed by atoms with Gasteiger partial charge < -0.3 is 14.2 Å². The summed E-state index contributed by atoms with van der Waals surface area (Å²) in [6, 6.07) is 13.8. The van der Waals surface area contributed by atoms with Gasteiger partial charge in [-0.2, -0.15) is 0 Å². The molecule has 1 atom stereocenters. The lowest BCUT2D eigenvalue weighted by molar-refractivity contribution is 0.0672. The van der Waals surface area contributed by atoms with Crippen molar-refractivity contribution >= 4 is 39.7 Å². The van der Waals surface area contributed by atoms with Crippen LogP contribution in [0, 0.1) is 0 Å². The molecule has 1 aliphatic rings. The summed E-state index contributed by atoms with van der Waals surface area (Å²) in [5, 5.41) is 12.1. The number of thiophene rings is 1. The second kappa shape index (κ2) is 7.45. The number of fused-ring (bicyclic) bond motifs is 3. The number of rotatable bonds is 3. The van der Waals surface area contributed by atoms with E-state index in [1.807, 2.05) is 46.7 Å². The largest absolute Gasteiger partial charge is 0.472 e. The average molecular weight is 445 g/mol. The SMILES string of the molecule is C[C@H]1CN(c2nc3ccccc3c3nnc(-c4cccs4)n23)CCN1C(=O)c1ccoc1. The third kappa shape index (κ3) is 2.96. The van der Waals surface area contributed by atoms with Crippen LogP contribution in [-0.2, 0) is 0 Å². The van der Waals surface area contributed by atoms with E-state index in [1.54, 1.807) is 17.4 Å². The molecule has 1 aromatic carbocycles. The van der Waals surface area contributed by atoms with Crippen molar-refractivity contribution in [1.29, 1.82) is 0 Å². The van der Waals surface area contributed by atoms with Gasteiger partial charge in [-0.05, 0) is 36.6 Å². The summed E-state index contributed by atoms with van der Waals surface area (Å²) in [4.78, 5) is 23.1. The van der Waals surface area contributed by atoms with Crippen LogP contribution in [0.1, 0.15) is 17.3 Å². The Morgan fingerprint density at radius 1 is 1.12 bits per heavy atom. The number of carbonyl (C=O) groups excluding carboxylic acids is 1. The minimum absolute atomic E-state index is 0.00825. The van der Waals surface area contributed by atoms with E-state index in [0.29, 0.717) is 25.2 Å². The van der Waals surface area contributed by atoms with Crippen molar-refractivity contribution in [3.63, 3.8) is 0 Å².